The average Bonchev–Trinajstić information content (AvgIpc) is 3.00. The van der Waals surface area contributed by atoms with Gasteiger partial charge in [0, 0.05) is 25.0 Å². The van der Waals surface area contributed by atoms with Crippen LogP contribution >= 0.6 is 0 Å². The van der Waals surface area contributed by atoms with E-state index in [0.717, 1.165) is 5.56 Å². The highest BCUT2D eigenvalue weighted by molar-refractivity contribution is 5.74. The SMILES string of the molecule is CC(Cn1cccn1)NC(=O)NCCC(C)(O)c1ccccc1. The largest absolute Gasteiger partial charge is 0.385 e. The standard InChI is InChI=1S/C17H24N4O2/c1-14(13-21-12-6-10-19-21)20-16(22)18-11-9-17(2,23)15-7-4-3-5-8-15/h3-8,10,12,14,23H,9,11,13H2,1-2H3,(H2,18,20,22). The Balaban J connectivity index is 1.72. The summed E-state index contributed by atoms with van der Waals surface area (Å²) in [5.74, 6) is 0. The maximum absolute atomic E-state index is 11.9. The number of benzene rings is 1. The first-order valence-corrected chi connectivity index (χ1v) is 7.77. The molecule has 23 heavy (non-hydrogen) atoms. The van der Waals surface area contributed by atoms with Gasteiger partial charge < -0.3 is 15.7 Å². The molecule has 2 amide bonds. The minimum Gasteiger partial charge on any atom is -0.385 e. The molecule has 1 aromatic carbocycles. The van der Waals surface area contributed by atoms with Crippen LogP contribution in [0.15, 0.2) is 48.8 Å². The summed E-state index contributed by atoms with van der Waals surface area (Å²) >= 11 is 0. The number of aliphatic hydroxyl groups is 1. The Morgan fingerprint density at radius 1 is 1.35 bits per heavy atom. The average molecular weight is 316 g/mol. The molecule has 6 nitrogen and oxygen atoms in total. The van der Waals surface area contributed by atoms with Crippen LogP contribution in [0.2, 0.25) is 0 Å². The summed E-state index contributed by atoms with van der Waals surface area (Å²) in [5.41, 5.74) is -0.121. The van der Waals surface area contributed by atoms with Crippen molar-refractivity contribution in [2.75, 3.05) is 6.54 Å². The maximum Gasteiger partial charge on any atom is 0.315 e. The quantitative estimate of drug-likeness (QED) is 0.729. The van der Waals surface area contributed by atoms with E-state index in [1.165, 1.54) is 0 Å². The van der Waals surface area contributed by atoms with Crippen LogP contribution in [0, 0.1) is 0 Å². The van der Waals surface area contributed by atoms with Crippen molar-refractivity contribution in [3.8, 4) is 0 Å². The van der Waals surface area contributed by atoms with Crippen LogP contribution in [0.25, 0.3) is 0 Å². The molecule has 0 radical (unpaired) electrons. The van der Waals surface area contributed by atoms with E-state index in [0.29, 0.717) is 19.5 Å². The number of aromatic nitrogens is 2. The number of amides is 2. The van der Waals surface area contributed by atoms with E-state index in [9.17, 15) is 9.90 Å². The van der Waals surface area contributed by atoms with Crippen molar-refractivity contribution >= 4 is 6.03 Å². The fraction of sp³-hybridized carbons (Fsp3) is 0.412. The molecule has 1 heterocycles. The van der Waals surface area contributed by atoms with Gasteiger partial charge in [0.2, 0.25) is 0 Å². The third kappa shape index (κ3) is 5.41. The van der Waals surface area contributed by atoms with E-state index in [1.54, 1.807) is 17.8 Å². The Kier molecular flexibility index (Phi) is 5.76. The molecule has 3 N–H and O–H groups in total. The van der Waals surface area contributed by atoms with E-state index in [2.05, 4.69) is 15.7 Å². The number of nitrogens with zero attached hydrogens (tertiary/aromatic N) is 2. The van der Waals surface area contributed by atoms with Gasteiger partial charge in [-0.1, -0.05) is 30.3 Å². The molecule has 0 spiro atoms. The number of hydrogen-bond donors (Lipinski definition) is 3. The van der Waals surface area contributed by atoms with Crippen molar-refractivity contribution in [2.24, 2.45) is 0 Å². The fourth-order valence-electron chi connectivity index (χ4n) is 2.37. The molecule has 124 valence electrons. The molecular formula is C17H24N4O2. The summed E-state index contributed by atoms with van der Waals surface area (Å²) < 4.78 is 1.77. The van der Waals surface area contributed by atoms with E-state index in [1.807, 2.05) is 49.5 Å². The summed E-state index contributed by atoms with van der Waals surface area (Å²) in [6, 6.07) is 11.0. The smallest absolute Gasteiger partial charge is 0.315 e. The highest BCUT2D eigenvalue weighted by Crippen LogP contribution is 2.23. The van der Waals surface area contributed by atoms with Gasteiger partial charge in [-0.2, -0.15) is 5.10 Å². The predicted octanol–water partition coefficient (Wildman–Crippen LogP) is 1.87. The second-order valence-electron chi connectivity index (χ2n) is 5.92. The highest BCUT2D eigenvalue weighted by atomic mass is 16.3. The summed E-state index contributed by atoms with van der Waals surface area (Å²) in [4.78, 5) is 11.9. The van der Waals surface area contributed by atoms with Crippen LogP contribution < -0.4 is 10.6 Å². The van der Waals surface area contributed by atoms with Crippen LogP contribution in [-0.2, 0) is 12.1 Å². The van der Waals surface area contributed by atoms with Gasteiger partial charge in [-0.15, -0.1) is 0 Å². The Hall–Kier alpha value is -2.34. The topological polar surface area (TPSA) is 79.2 Å². The van der Waals surface area contributed by atoms with Crippen molar-refractivity contribution in [2.45, 2.75) is 38.5 Å². The van der Waals surface area contributed by atoms with Crippen LogP contribution in [0.4, 0.5) is 4.79 Å². The molecule has 0 aliphatic rings. The van der Waals surface area contributed by atoms with Gasteiger partial charge in [-0.05, 0) is 31.9 Å². The maximum atomic E-state index is 11.9. The molecule has 0 saturated heterocycles. The highest BCUT2D eigenvalue weighted by Gasteiger charge is 2.22. The monoisotopic (exact) mass is 316 g/mol. The summed E-state index contributed by atoms with van der Waals surface area (Å²) in [5, 5.41) is 20.2. The third-order valence-electron chi connectivity index (χ3n) is 3.69. The summed E-state index contributed by atoms with van der Waals surface area (Å²) in [6.07, 6.45) is 4.00. The van der Waals surface area contributed by atoms with Gasteiger partial charge in [0.1, 0.15) is 0 Å². The minimum absolute atomic E-state index is 0.0375. The number of carbonyl (C=O) groups is 1. The molecule has 2 aromatic rings. The zero-order valence-corrected chi connectivity index (χ0v) is 13.6. The first-order valence-electron chi connectivity index (χ1n) is 7.77. The van der Waals surface area contributed by atoms with E-state index in [-0.39, 0.29) is 12.1 Å². The van der Waals surface area contributed by atoms with Crippen molar-refractivity contribution in [3.63, 3.8) is 0 Å². The lowest BCUT2D eigenvalue weighted by molar-refractivity contribution is 0.0487. The lowest BCUT2D eigenvalue weighted by Crippen LogP contribution is -2.43. The third-order valence-corrected chi connectivity index (χ3v) is 3.69. The molecule has 0 aliphatic heterocycles. The van der Waals surface area contributed by atoms with Crippen molar-refractivity contribution in [1.82, 2.24) is 20.4 Å². The number of nitrogens with one attached hydrogen (secondary N) is 2. The number of hydrogen-bond acceptors (Lipinski definition) is 3. The van der Waals surface area contributed by atoms with E-state index >= 15 is 0 Å². The molecule has 2 unspecified atom stereocenters. The van der Waals surface area contributed by atoms with Crippen molar-refractivity contribution < 1.29 is 9.90 Å². The molecule has 2 atom stereocenters. The lowest BCUT2D eigenvalue weighted by Gasteiger charge is -2.24. The predicted molar refractivity (Wildman–Crippen MR) is 88.9 cm³/mol. The van der Waals surface area contributed by atoms with Crippen molar-refractivity contribution in [1.29, 1.82) is 0 Å². The normalized spacial score (nSPS) is 14.7. The molecule has 6 heteroatoms. The van der Waals surface area contributed by atoms with Gasteiger partial charge >= 0.3 is 6.03 Å². The Morgan fingerprint density at radius 2 is 2.09 bits per heavy atom. The van der Waals surface area contributed by atoms with Gasteiger partial charge in [0.15, 0.2) is 0 Å². The van der Waals surface area contributed by atoms with Gasteiger partial charge in [0.05, 0.1) is 12.1 Å². The van der Waals surface area contributed by atoms with E-state index in [4.69, 9.17) is 0 Å². The zero-order valence-electron chi connectivity index (χ0n) is 13.6. The first kappa shape index (κ1) is 17.0. The van der Waals surface area contributed by atoms with Crippen LogP contribution in [0.5, 0.6) is 0 Å². The Bertz CT molecular complexity index is 596. The molecule has 0 saturated carbocycles. The van der Waals surface area contributed by atoms with Crippen LogP contribution in [0.1, 0.15) is 25.8 Å². The lowest BCUT2D eigenvalue weighted by atomic mass is 9.93. The van der Waals surface area contributed by atoms with Gasteiger partial charge in [0.25, 0.3) is 0 Å². The molecule has 1 aromatic heterocycles. The molecule has 0 fully saturated rings. The number of urea groups is 1. The second kappa shape index (κ2) is 7.78. The number of carbonyl (C=O) groups excluding carboxylic acids is 1. The zero-order chi connectivity index (χ0) is 16.7. The molecule has 0 bridgehead atoms. The molecular weight excluding hydrogens is 292 g/mol. The Morgan fingerprint density at radius 3 is 2.74 bits per heavy atom. The number of rotatable bonds is 7. The van der Waals surface area contributed by atoms with Crippen LogP contribution in [0.3, 0.4) is 0 Å². The molecule has 0 aliphatic carbocycles. The first-order chi connectivity index (χ1) is 11.0. The summed E-state index contributed by atoms with van der Waals surface area (Å²) in [7, 11) is 0. The van der Waals surface area contributed by atoms with Gasteiger partial charge in [-0.3, -0.25) is 4.68 Å². The second-order valence-corrected chi connectivity index (χ2v) is 5.92. The minimum atomic E-state index is -0.963. The Labute approximate surface area is 136 Å². The molecule has 2 rings (SSSR count). The fourth-order valence-corrected chi connectivity index (χ4v) is 2.37. The van der Waals surface area contributed by atoms with E-state index < -0.39 is 5.60 Å². The van der Waals surface area contributed by atoms with Gasteiger partial charge in [-0.25, -0.2) is 4.79 Å². The van der Waals surface area contributed by atoms with Crippen molar-refractivity contribution in [3.05, 3.63) is 54.4 Å². The van der Waals surface area contributed by atoms with Crippen LogP contribution in [-0.4, -0.2) is 33.5 Å². The summed E-state index contributed by atoms with van der Waals surface area (Å²) in [6.45, 7) is 4.67.